The summed E-state index contributed by atoms with van der Waals surface area (Å²) in [4.78, 5) is 28.2. The van der Waals surface area contributed by atoms with Crippen LogP contribution in [0, 0.1) is 5.92 Å². The van der Waals surface area contributed by atoms with Gasteiger partial charge in [-0.25, -0.2) is 9.78 Å². The summed E-state index contributed by atoms with van der Waals surface area (Å²) in [6.45, 7) is 6.56. The molecule has 3 rings (SSSR count). The van der Waals surface area contributed by atoms with Gasteiger partial charge in [0.2, 0.25) is 0 Å². The number of aromatic carboxylic acids is 1. The van der Waals surface area contributed by atoms with Crippen molar-refractivity contribution in [2.24, 2.45) is 11.7 Å². The fraction of sp³-hybridized carbons (Fsp3) is 0.450. The van der Waals surface area contributed by atoms with Gasteiger partial charge in [-0.1, -0.05) is 12.1 Å². The Balaban J connectivity index is 1.88. The highest BCUT2D eigenvalue weighted by atomic mass is 16.6. The molecule has 1 aliphatic heterocycles. The van der Waals surface area contributed by atoms with Crippen LogP contribution < -0.4 is 5.73 Å². The molecule has 1 atom stereocenters. The van der Waals surface area contributed by atoms with Crippen molar-refractivity contribution in [1.29, 1.82) is 0 Å². The van der Waals surface area contributed by atoms with Gasteiger partial charge >= 0.3 is 11.9 Å². The lowest BCUT2D eigenvalue weighted by Gasteiger charge is -2.27. The number of nitrogens with two attached hydrogens (primary N) is 1. The molecule has 1 aliphatic rings. The van der Waals surface area contributed by atoms with E-state index < -0.39 is 11.6 Å². The Hall–Kier alpha value is -2.67. The second kappa shape index (κ2) is 7.15. The predicted molar refractivity (Wildman–Crippen MR) is 100 cm³/mol. The number of carbonyl (C=O) groups is 2. The number of ether oxygens (including phenoxy) is 1. The van der Waals surface area contributed by atoms with Crippen LogP contribution in [0.2, 0.25) is 0 Å². The highest BCUT2D eigenvalue weighted by molar-refractivity contribution is 5.88. The molecule has 0 aliphatic carbocycles. The molecule has 27 heavy (non-hydrogen) atoms. The Labute approximate surface area is 158 Å². The van der Waals surface area contributed by atoms with Crippen LogP contribution in [0.3, 0.4) is 0 Å². The third kappa shape index (κ3) is 4.03. The Morgan fingerprint density at radius 3 is 2.52 bits per heavy atom. The van der Waals surface area contributed by atoms with Crippen LogP contribution in [-0.4, -0.2) is 32.2 Å². The van der Waals surface area contributed by atoms with Crippen LogP contribution in [0.5, 0.6) is 0 Å². The Kier molecular flexibility index (Phi) is 5.06. The number of carbonyl (C=O) groups excluding carboxylic acids is 1. The fourth-order valence-electron chi connectivity index (χ4n) is 3.36. The number of carboxylic acid groups (broad SMARTS) is 1. The van der Waals surface area contributed by atoms with Crippen molar-refractivity contribution < 1.29 is 19.4 Å². The van der Waals surface area contributed by atoms with E-state index in [0.717, 1.165) is 22.8 Å². The number of aromatic nitrogens is 2. The summed E-state index contributed by atoms with van der Waals surface area (Å²) >= 11 is 0. The maximum atomic E-state index is 12.4. The molecule has 144 valence electrons. The van der Waals surface area contributed by atoms with Gasteiger partial charge in [0.1, 0.15) is 11.4 Å². The molecule has 0 amide bonds. The Bertz CT molecular complexity index is 863. The number of carboxylic acids is 1. The highest BCUT2D eigenvalue weighted by Gasteiger charge is 2.31. The quantitative estimate of drug-likeness (QED) is 0.800. The van der Waals surface area contributed by atoms with E-state index >= 15 is 0 Å². The van der Waals surface area contributed by atoms with Gasteiger partial charge in [-0.05, 0) is 39.3 Å². The molecule has 0 saturated heterocycles. The van der Waals surface area contributed by atoms with Crippen molar-refractivity contribution >= 4 is 11.9 Å². The predicted octanol–water partition coefficient (Wildman–Crippen LogP) is 2.61. The minimum atomic E-state index is -0.968. The normalized spacial score (nSPS) is 16.7. The third-order valence-electron chi connectivity index (χ3n) is 4.62. The molecule has 1 unspecified atom stereocenters. The van der Waals surface area contributed by atoms with E-state index in [1.54, 1.807) is 24.3 Å². The molecule has 1 aromatic heterocycles. The van der Waals surface area contributed by atoms with E-state index in [2.05, 4.69) is 4.57 Å². The van der Waals surface area contributed by atoms with Crippen LogP contribution in [0.1, 0.15) is 49.1 Å². The standard InChI is InChI=1S/C20H25N3O4/c1-20(2,3)27-19(26)14-8-9-23-15(11-21)17(22-16(23)10-14)12-4-6-13(7-5-12)18(24)25/h4-7,14H,8-11,21H2,1-3H3,(H,24,25). The van der Waals surface area contributed by atoms with Gasteiger partial charge in [-0.15, -0.1) is 0 Å². The first kappa shape index (κ1) is 19.1. The summed E-state index contributed by atoms with van der Waals surface area (Å²) in [7, 11) is 0. The summed E-state index contributed by atoms with van der Waals surface area (Å²) in [6.07, 6.45) is 1.19. The second-order valence-corrected chi connectivity index (χ2v) is 7.78. The average Bonchev–Trinajstić information content (AvgIpc) is 2.98. The molecule has 1 aromatic carbocycles. The minimum absolute atomic E-state index is 0.196. The zero-order chi connectivity index (χ0) is 19.8. The van der Waals surface area contributed by atoms with E-state index in [-0.39, 0.29) is 17.5 Å². The van der Waals surface area contributed by atoms with Gasteiger partial charge in [-0.3, -0.25) is 4.79 Å². The SMILES string of the molecule is CC(C)(C)OC(=O)C1CCn2c(nc(-c3ccc(C(=O)O)cc3)c2CN)C1. The van der Waals surface area contributed by atoms with E-state index in [9.17, 15) is 9.59 Å². The maximum Gasteiger partial charge on any atom is 0.335 e. The van der Waals surface area contributed by atoms with E-state index in [1.807, 2.05) is 20.8 Å². The van der Waals surface area contributed by atoms with E-state index in [0.29, 0.717) is 25.9 Å². The van der Waals surface area contributed by atoms with Crippen molar-refractivity contribution in [1.82, 2.24) is 9.55 Å². The van der Waals surface area contributed by atoms with Crippen LogP contribution in [0.25, 0.3) is 11.3 Å². The molecular formula is C20H25N3O4. The molecule has 2 aromatic rings. The van der Waals surface area contributed by atoms with Crippen LogP contribution in [0.15, 0.2) is 24.3 Å². The Morgan fingerprint density at radius 1 is 1.30 bits per heavy atom. The summed E-state index contributed by atoms with van der Waals surface area (Å²) in [5.41, 5.74) is 8.14. The summed E-state index contributed by atoms with van der Waals surface area (Å²) in [5, 5.41) is 9.06. The number of hydrogen-bond acceptors (Lipinski definition) is 5. The van der Waals surface area contributed by atoms with Crippen LogP contribution in [-0.2, 0) is 29.0 Å². The van der Waals surface area contributed by atoms with Crippen molar-refractivity contribution in [3.63, 3.8) is 0 Å². The summed E-state index contributed by atoms with van der Waals surface area (Å²) < 4.78 is 7.59. The van der Waals surface area contributed by atoms with Gasteiger partial charge in [-0.2, -0.15) is 0 Å². The van der Waals surface area contributed by atoms with Gasteiger partial charge in [0.25, 0.3) is 0 Å². The van der Waals surface area contributed by atoms with Crippen LogP contribution in [0.4, 0.5) is 0 Å². The number of nitrogens with zero attached hydrogens (tertiary/aromatic N) is 2. The first-order valence-electron chi connectivity index (χ1n) is 9.04. The monoisotopic (exact) mass is 371 g/mol. The molecular weight excluding hydrogens is 346 g/mol. The van der Waals surface area contributed by atoms with Crippen molar-refractivity contribution in [2.45, 2.75) is 52.3 Å². The van der Waals surface area contributed by atoms with Gasteiger partial charge in [0, 0.05) is 25.1 Å². The highest BCUT2D eigenvalue weighted by Crippen LogP contribution is 2.30. The summed E-state index contributed by atoms with van der Waals surface area (Å²) in [5.74, 6) is -0.565. The van der Waals surface area contributed by atoms with Gasteiger partial charge < -0.3 is 20.1 Å². The van der Waals surface area contributed by atoms with Crippen molar-refractivity contribution in [3.8, 4) is 11.3 Å². The van der Waals surface area contributed by atoms with Crippen molar-refractivity contribution in [3.05, 3.63) is 41.3 Å². The smallest absolute Gasteiger partial charge is 0.335 e. The molecule has 0 bridgehead atoms. The zero-order valence-corrected chi connectivity index (χ0v) is 15.9. The third-order valence-corrected chi connectivity index (χ3v) is 4.62. The van der Waals surface area contributed by atoms with Gasteiger partial charge in [0.05, 0.1) is 22.9 Å². The number of benzene rings is 1. The number of esters is 1. The lowest BCUT2D eigenvalue weighted by Crippen LogP contribution is -2.33. The maximum absolute atomic E-state index is 12.4. The van der Waals surface area contributed by atoms with Crippen molar-refractivity contribution in [2.75, 3.05) is 0 Å². The lowest BCUT2D eigenvalue weighted by atomic mass is 9.97. The molecule has 3 N–H and O–H groups in total. The lowest BCUT2D eigenvalue weighted by molar-refractivity contribution is -0.160. The largest absolute Gasteiger partial charge is 0.478 e. The second-order valence-electron chi connectivity index (χ2n) is 7.78. The molecule has 0 spiro atoms. The summed E-state index contributed by atoms with van der Waals surface area (Å²) in [6, 6.07) is 6.59. The molecule has 7 nitrogen and oxygen atoms in total. The number of hydrogen-bond donors (Lipinski definition) is 2. The zero-order valence-electron chi connectivity index (χ0n) is 15.9. The molecule has 2 heterocycles. The molecule has 0 fully saturated rings. The first-order chi connectivity index (χ1) is 12.7. The first-order valence-corrected chi connectivity index (χ1v) is 9.04. The number of fused-ring (bicyclic) bond motifs is 1. The van der Waals surface area contributed by atoms with Crippen LogP contribution >= 0.6 is 0 Å². The Morgan fingerprint density at radius 2 is 1.96 bits per heavy atom. The molecule has 0 radical (unpaired) electrons. The number of imidazole rings is 1. The van der Waals surface area contributed by atoms with Gasteiger partial charge in [0.15, 0.2) is 0 Å². The molecule has 7 heteroatoms. The molecule has 0 saturated carbocycles. The fourth-order valence-corrected chi connectivity index (χ4v) is 3.36. The average molecular weight is 371 g/mol. The van der Waals surface area contributed by atoms with E-state index in [4.69, 9.17) is 20.6 Å². The number of rotatable bonds is 4. The van der Waals surface area contributed by atoms with E-state index in [1.165, 1.54) is 0 Å². The topological polar surface area (TPSA) is 107 Å². The minimum Gasteiger partial charge on any atom is -0.478 e.